The highest BCUT2D eigenvalue weighted by Crippen LogP contribution is 2.26. The molecule has 1 aromatic rings. The van der Waals surface area contributed by atoms with Crippen molar-refractivity contribution in [3.05, 3.63) is 17.5 Å². The van der Waals surface area contributed by atoms with Crippen LogP contribution in [0.2, 0.25) is 0 Å². The smallest absolute Gasteiger partial charge is 0.252 e. The lowest BCUT2D eigenvalue weighted by Gasteiger charge is -2.30. The van der Waals surface area contributed by atoms with Crippen molar-refractivity contribution in [3.63, 3.8) is 0 Å². The molecule has 0 aromatic carbocycles. The fourth-order valence-corrected chi connectivity index (χ4v) is 4.83. The molecule has 1 saturated heterocycles. The van der Waals surface area contributed by atoms with E-state index < -0.39 is 10.0 Å². The summed E-state index contributed by atoms with van der Waals surface area (Å²) in [5.74, 6) is -0.274. The Labute approximate surface area is 122 Å². The Morgan fingerprint density at radius 3 is 2.70 bits per heavy atom. The summed E-state index contributed by atoms with van der Waals surface area (Å²) in [5.41, 5.74) is 0. The molecule has 0 aliphatic carbocycles. The second kappa shape index (κ2) is 6.66. The lowest BCUT2D eigenvalue weighted by molar-refractivity contribution is -0.126. The van der Waals surface area contributed by atoms with Crippen LogP contribution in [-0.2, 0) is 14.8 Å². The van der Waals surface area contributed by atoms with Crippen molar-refractivity contribution in [1.29, 1.82) is 0 Å². The van der Waals surface area contributed by atoms with E-state index in [1.54, 1.807) is 17.5 Å². The van der Waals surface area contributed by atoms with Crippen LogP contribution in [0, 0.1) is 5.92 Å². The monoisotopic (exact) mass is 318 g/mol. The number of carbonyl (C=O) groups excluding carboxylic acids is 1. The zero-order chi connectivity index (χ0) is 14.6. The molecule has 0 spiro atoms. The van der Waals surface area contributed by atoms with E-state index in [0.29, 0.717) is 30.1 Å². The molecule has 1 amide bonds. The van der Waals surface area contributed by atoms with Crippen molar-refractivity contribution in [2.75, 3.05) is 26.2 Å². The van der Waals surface area contributed by atoms with Crippen LogP contribution >= 0.6 is 11.3 Å². The number of sulfonamides is 1. The topological polar surface area (TPSA) is 86.7 Å². The van der Waals surface area contributed by atoms with Crippen molar-refractivity contribution in [2.45, 2.75) is 17.1 Å². The van der Waals surface area contributed by atoms with Crippen molar-refractivity contribution >= 4 is 27.3 Å². The number of aliphatic hydroxyl groups is 1. The van der Waals surface area contributed by atoms with Gasteiger partial charge in [0.15, 0.2) is 0 Å². The predicted molar refractivity (Wildman–Crippen MR) is 75.9 cm³/mol. The molecule has 1 aliphatic rings. The molecule has 6 nitrogen and oxygen atoms in total. The second-order valence-electron chi connectivity index (χ2n) is 4.63. The molecule has 0 radical (unpaired) electrons. The van der Waals surface area contributed by atoms with E-state index in [9.17, 15) is 13.2 Å². The van der Waals surface area contributed by atoms with E-state index in [1.165, 1.54) is 15.6 Å². The quantitative estimate of drug-likeness (QED) is 0.815. The van der Waals surface area contributed by atoms with Gasteiger partial charge in [0.1, 0.15) is 4.21 Å². The van der Waals surface area contributed by atoms with E-state index in [2.05, 4.69) is 5.32 Å². The molecular formula is C12H18N2O4S2. The standard InChI is InChI=1S/C12H18N2O4S2/c15-8-5-13-12(16)10-3-6-14(7-4-10)20(17,18)11-2-1-9-19-11/h1-2,9-10,15H,3-8H2,(H,13,16). The largest absolute Gasteiger partial charge is 0.395 e. The van der Waals surface area contributed by atoms with Gasteiger partial charge in [-0.25, -0.2) is 8.42 Å². The first kappa shape index (κ1) is 15.4. The molecule has 112 valence electrons. The summed E-state index contributed by atoms with van der Waals surface area (Å²) in [5, 5.41) is 13.0. The number of thiophene rings is 1. The minimum atomic E-state index is -3.40. The number of hydrogen-bond acceptors (Lipinski definition) is 5. The highest BCUT2D eigenvalue weighted by molar-refractivity contribution is 7.91. The summed E-state index contributed by atoms with van der Waals surface area (Å²) in [6.07, 6.45) is 1.03. The van der Waals surface area contributed by atoms with Crippen molar-refractivity contribution < 1.29 is 18.3 Å². The average Bonchev–Trinajstić information content (AvgIpc) is 3.00. The van der Waals surface area contributed by atoms with Gasteiger partial charge in [-0.2, -0.15) is 4.31 Å². The fourth-order valence-electron chi connectivity index (χ4n) is 2.22. The Morgan fingerprint density at radius 1 is 1.45 bits per heavy atom. The number of nitrogens with one attached hydrogen (secondary N) is 1. The number of piperidine rings is 1. The number of aliphatic hydroxyl groups excluding tert-OH is 1. The van der Waals surface area contributed by atoms with Crippen LogP contribution in [-0.4, -0.2) is 50.0 Å². The third-order valence-electron chi connectivity index (χ3n) is 3.32. The number of nitrogens with zero attached hydrogens (tertiary/aromatic N) is 1. The average molecular weight is 318 g/mol. The highest BCUT2D eigenvalue weighted by Gasteiger charge is 2.32. The van der Waals surface area contributed by atoms with Crippen LogP contribution in [0.5, 0.6) is 0 Å². The van der Waals surface area contributed by atoms with Gasteiger partial charge >= 0.3 is 0 Å². The minimum Gasteiger partial charge on any atom is -0.395 e. The summed E-state index contributed by atoms with van der Waals surface area (Å²) < 4.78 is 26.4. The number of carbonyl (C=O) groups is 1. The van der Waals surface area contributed by atoms with Gasteiger partial charge in [-0.15, -0.1) is 11.3 Å². The minimum absolute atomic E-state index is 0.0860. The predicted octanol–water partition coefficient (Wildman–Crippen LogP) is 0.257. The fraction of sp³-hybridized carbons (Fsp3) is 0.583. The molecule has 2 heterocycles. The Bertz CT molecular complexity index is 534. The van der Waals surface area contributed by atoms with Gasteiger partial charge in [-0.05, 0) is 24.3 Å². The number of hydrogen-bond donors (Lipinski definition) is 2. The van der Waals surface area contributed by atoms with Gasteiger partial charge in [0.2, 0.25) is 5.91 Å². The summed E-state index contributed by atoms with van der Waals surface area (Å²) in [7, 11) is -3.40. The molecule has 0 saturated carbocycles. The maximum Gasteiger partial charge on any atom is 0.252 e. The van der Waals surface area contributed by atoms with Crippen molar-refractivity contribution in [3.8, 4) is 0 Å². The Morgan fingerprint density at radius 2 is 2.15 bits per heavy atom. The normalized spacial score (nSPS) is 18.1. The molecular weight excluding hydrogens is 300 g/mol. The highest BCUT2D eigenvalue weighted by atomic mass is 32.2. The third kappa shape index (κ3) is 3.38. The molecule has 1 aromatic heterocycles. The lowest BCUT2D eigenvalue weighted by atomic mass is 9.97. The first-order valence-corrected chi connectivity index (χ1v) is 8.80. The Balaban J connectivity index is 1.93. The van der Waals surface area contributed by atoms with Crippen LogP contribution in [0.4, 0.5) is 0 Å². The van der Waals surface area contributed by atoms with E-state index in [1.807, 2.05) is 0 Å². The first-order valence-electron chi connectivity index (χ1n) is 6.48. The van der Waals surface area contributed by atoms with Gasteiger partial charge in [-0.1, -0.05) is 6.07 Å². The molecule has 0 bridgehead atoms. The van der Waals surface area contributed by atoms with Crippen LogP contribution in [0.25, 0.3) is 0 Å². The molecule has 20 heavy (non-hydrogen) atoms. The number of rotatable bonds is 5. The van der Waals surface area contributed by atoms with Crippen LogP contribution in [0.15, 0.2) is 21.7 Å². The SMILES string of the molecule is O=C(NCCO)C1CCN(S(=O)(=O)c2cccs2)CC1. The summed E-state index contributed by atoms with van der Waals surface area (Å²) >= 11 is 1.21. The van der Waals surface area contributed by atoms with E-state index >= 15 is 0 Å². The molecule has 0 atom stereocenters. The van der Waals surface area contributed by atoms with Crippen molar-refractivity contribution in [1.82, 2.24) is 9.62 Å². The second-order valence-corrected chi connectivity index (χ2v) is 7.74. The van der Waals surface area contributed by atoms with E-state index in [0.717, 1.165) is 0 Å². The summed E-state index contributed by atoms with van der Waals surface area (Å²) in [6.45, 7) is 0.874. The van der Waals surface area contributed by atoms with E-state index in [-0.39, 0.29) is 25.0 Å². The Hall–Kier alpha value is -0.960. The molecule has 2 rings (SSSR count). The van der Waals surface area contributed by atoms with Crippen LogP contribution < -0.4 is 5.32 Å². The van der Waals surface area contributed by atoms with Gasteiger partial charge in [0.05, 0.1) is 6.61 Å². The van der Waals surface area contributed by atoms with Gasteiger partial charge in [0, 0.05) is 25.6 Å². The molecule has 0 unspecified atom stereocenters. The molecule has 2 N–H and O–H groups in total. The molecule has 1 aliphatic heterocycles. The summed E-state index contributed by atoms with van der Waals surface area (Å²) in [6, 6.07) is 3.31. The van der Waals surface area contributed by atoms with Gasteiger partial charge < -0.3 is 10.4 Å². The lowest BCUT2D eigenvalue weighted by Crippen LogP contribution is -2.43. The van der Waals surface area contributed by atoms with Gasteiger partial charge in [0.25, 0.3) is 10.0 Å². The van der Waals surface area contributed by atoms with Gasteiger partial charge in [-0.3, -0.25) is 4.79 Å². The maximum atomic E-state index is 12.3. The maximum absolute atomic E-state index is 12.3. The van der Waals surface area contributed by atoms with E-state index in [4.69, 9.17) is 5.11 Å². The van der Waals surface area contributed by atoms with Crippen molar-refractivity contribution in [2.24, 2.45) is 5.92 Å². The van der Waals surface area contributed by atoms with Crippen LogP contribution in [0.3, 0.4) is 0 Å². The zero-order valence-corrected chi connectivity index (χ0v) is 12.6. The zero-order valence-electron chi connectivity index (χ0n) is 11.0. The Kier molecular flexibility index (Phi) is 5.14. The number of amides is 1. The first-order chi connectivity index (χ1) is 9.55. The molecule has 8 heteroatoms. The molecule has 1 fully saturated rings. The van der Waals surface area contributed by atoms with Crippen LogP contribution in [0.1, 0.15) is 12.8 Å². The third-order valence-corrected chi connectivity index (χ3v) is 6.60. The summed E-state index contributed by atoms with van der Waals surface area (Å²) in [4.78, 5) is 11.8.